The Kier molecular flexibility index (Phi) is 2.90. The van der Waals surface area contributed by atoms with Gasteiger partial charge in [-0.15, -0.1) is 0 Å². The minimum Gasteiger partial charge on any atom is -0.399 e. The standard InChI is InChI=1S/C12H14FN3/c1-2-12-15-3-4-16(12)8-9-5-10(13)7-11(14)6-9/h3-7H,2,8,14H2,1H3. The maximum atomic E-state index is 13.1. The molecule has 1 aromatic carbocycles. The monoisotopic (exact) mass is 219 g/mol. The molecule has 3 nitrogen and oxygen atoms in total. The van der Waals surface area contributed by atoms with E-state index in [2.05, 4.69) is 4.98 Å². The van der Waals surface area contributed by atoms with Crippen molar-refractivity contribution in [1.82, 2.24) is 9.55 Å². The molecule has 0 radical (unpaired) electrons. The Balaban J connectivity index is 2.26. The topological polar surface area (TPSA) is 43.8 Å². The molecule has 0 amide bonds. The lowest BCUT2D eigenvalue weighted by Crippen LogP contribution is -2.04. The summed E-state index contributed by atoms with van der Waals surface area (Å²) in [4.78, 5) is 4.21. The Morgan fingerprint density at radius 2 is 2.19 bits per heavy atom. The number of hydrogen-bond acceptors (Lipinski definition) is 2. The van der Waals surface area contributed by atoms with Crippen molar-refractivity contribution in [1.29, 1.82) is 0 Å². The normalized spacial score (nSPS) is 10.6. The zero-order chi connectivity index (χ0) is 11.5. The van der Waals surface area contributed by atoms with E-state index in [1.807, 2.05) is 17.7 Å². The highest BCUT2D eigenvalue weighted by atomic mass is 19.1. The predicted molar refractivity (Wildman–Crippen MR) is 61.5 cm³/mol. The minimum absolute atomic E-state index is 0.298. The quantitative estimate of drug-likeness (QED) is 0.804. The third-order valence-electron chi connectivity index (χ3n) is 2.45. The van der Waals surface area contributed by atoms with Crippen LogP contribution < -0.4 is 5.73 Å². The number of imidazole rings is 1. The van der Waals surface area contributed by atoms with Gasteiger partial charge in [-0.1, -0.05) is 6.92 Å². The molecule has 2 rings (SSSR count). The first kappa shape index (κ1) is 10.7. The summed E-state index contributed by atoms with van der Waals surface area (Å²) >= 11 is 0. The van der Waals surface area contributed by atoms with Gasteiger partial charge in [0, 0.05) is 31.0 Å². The van der Waals surface area contributed by atoms with Gasteiger partial charge >= 0.3 is 0 Å². The van der Waals surface area contributed by atoms with Gasteiger partial charge in [0.2, 0.25) is 0 Å². The number of rotatable bonds is 3. The number of aryl methyl sites for hydroxylation is 1. The van der Waals surface area contributed by atoms with Gasteiger partial charge in [-0.25, -0.2) is 9.37 Å². The summed E-state index contributed by atoms with van der Waals surface area (Å²) < 4.78 is 15.1. The molecule has 0 spiro atoms. The van der Waals surface area contributed by atoms with E-state index >= 15 is 0 Å². The van der Waals surface area contributed by atoms with Crippen LogP contribution in [-0.4, -0.2) is 9.55 Å². The summed E-state index contributed by atoms with van der Waals surface area (Å²) in [6.45, 7) is 2.64. The molecular formula is C12H14FN3. The minimum atomic E-state index is -0.298. The fourth-order valence-electron chi connectivity index (χ4n) is 1.76. The summed E-state index contributed by atoms with van der Waals surface area (Å²) in [5, 5.41) is 0. The van der Waals surface area contributed by atoms with Gasteiger partial charge in [0.05, 0.1) is 0 Å². The van der Waals surface area contributed by atoms with Gasteiger partial charge < -0.3 is 10.3 Å². The first-order valence-electron chi connectivity index (χ1n) is 5.24. The number of anilines is 1. The molecule has 0 fully saturated rings. The molecule has 0 atom stereocenters. The summed E-state index contributed by atoms with van der Waals surface area (Å²) in [5.74, 6) is 0.691. The molecule has 0 unspecified atom stereocenters. The second kappa shape index (κ2) is 4.35. The number of halogens is 1. The van der Waals surface area contributed by atoms with Gasteiger partial charge in [-0.2, -0.15) is 0 Å². The number of nitrogen functional groups attached to an aromatic ring is 1. The van der Waals surface area contributed by atoms with Crippen molar-refractivity contribution in [3.05, 3.63) is 47.8 Å². The Morgan fingerprint density at radius 3 is 2.88 bits per heavy atom. The maximum absolute atomic E-state index is 13.1. The van der Waals surface area contributed by atoms with Crippen molar-refractivity contribution in [2.75, 3.05) is 5.73 Å². The van der Waals surface area contributed by atoms with E-state index < -0.39 is 0 Å². The van der Waals surface area contributed by atoms with Crippen LogP contribution in [0.15, 0.2) is 30.6 Å². The third-order valence-corrected chi connectivity index (χ3v) is 2.45. The van der Waals surface area contributed by atoms with Crippen LogP contribution in [0.4, 0.5) is 10.1 Å². The highest BCUT2D eigenvalue weighted by Crippen LogP contribution is 2.13. The summed E-state index contributed by atoms with van der Waals surface area (Å²) in [6.07, 6.45) is 4.50. The van der Waals surface area contributed by atoms with Gasteiger partial charge in [-0.3, -0.25) is 0 Å². The lowest BCUT2D eigenvalue weighted by Gasteiger charge is -2.07. The first-order chi connectivity index (χ1) is 7.69. The van der Waals surface area contributed by atoms with E-state index in [4.69, 9.17) is 5.73 Å². The second-order valence-electron chi connectivity index (χ2n) is 3.72. The molecule has 0 bridgehead atoms. The van der Waals surface area contributed by atoms with E-state index in [-0.39, 0.29) is 5.82 Å². The lowest BCUT2D eigenvalue weighted by atomic mass is 10.2. The zero-order valence-electron chi connectivity index (χ0n) is 9.15. The number of hydrogen-bond donors (Lipinski definition) is 1. The lowest BCUT2D eigenvalue weighted by molar-refractivity contribution is 0.623. The van der Waals surface area contributed by atoms with E-state index in [1.165, 1.54) is 12.1 Å². The summed E-state index contributed by atoms with van der Waals surface area (Å²) in [5.41, 5.74) is 6.90. The molecule has 1 aromatic heterocycles. The second-order valence-corrected chi connectivity index (χ2v) is 3.72. The molecule has 2 aromatic rings. The fraction of sp³-hybridized carbons (Fsp3) is 0.250. The van der Waals surface area contributed by atoms with Crippen molar-refractivity contribution in [3.8, 4) is 0 Å². The molecule has 2 N–H and O–H groups in total. The molecule has 4 heteroatoms. The highest BCUT2D eigenvalue weighted by Gasteiger charge is 2.03. The molecule has 0 saturated carbocycles. The summed E-state index contributed by atoms with van der Waals surface area (Å²) in [6, 6.07) is 4.59. The van der Waals surface area contributed by atoms with Crippen molar-refractivity contribution >= 4 is 5.69 Å². The number of nitrogens with zero attached hydrogens (tertiary/aromatic N) is 2. The number of benzene rings is 1. The van der Waals surface area contributed by atoms with Crippen LogP contribution in [0.1, 0.15) is 18.3 Å². The largest absolute Gasteiger partial charge is 0.399 e. The molecule has 0 saturated heterocycles. The molecule has 0 aliphatic heterocycles. The van der Waals surface area contributed by atoms with Crippen LogP contribution in [-0.2, 0) is 13.0 Å². The fourth-order valence-corrected chi connectivity index (χ4v) is 1.76. The van der Waals surface area contributed by atoms with Crippen LogP contribution in [0.25, 0.3) is 0 Å². The van der Waals surface area contributed by atoms with Crippen molar-refractivity contribution < 1.29 is 4.39 Å². The third kappa shape index (κ3) is 2.21. The van der Waals surface area contributed by atoms with E-state index in [9.17, 15) is 4.39 Å². The van der Waals surface area contributed by atoms with E-state index in [0.717, 1.165) is 17.8 Å². The molecule has 84 valence electrons. The Labute approximate surface area is 93.7 Å². The van der Waals surface area contributed by atoms with Crippen molar-refractivity contribution in [2.24, 2.45) is 0 Å². The zero-order valence-corrected chi connectivity index (χ0v) is 9.15. The average Bonchev–Trinajstić information content (AvgIpc) is 2.63. The maximum Gasteiger partial charge on any atom is 0.125 e. The molecule has 0 aliphatic carbocycles. The molecule has 16 heavy (non-hydrogen) atoms. The summed E-state index contributed by atoms with van der Waals surface area (Å²) in [7, 11) is 0. The van der Waals surface area contributed by atoms with Crippen LogP contribution in [0.2, 0.25) is 0 Å². The predicted octanol–water partition coefficient (Wildman–Crippen LogP) is 2.22. The van der Waals surface area contributed by atoms with Crippen molar-refractivity contribution in [2.45, 2.75) is 19.9 Å². The first-order valence-corrected chi connectivity index (χ1v) is 5.24. The SMILES string of the molecule is CCc1nccn1Cc1cc(N)cc(F)c1. The Hall–Kier alpha value is -1.84. The van der Waals surface area contributed by atoms with Gasteiger partial charge in [0.25, 0.3) is 0 Å². The molecule has 1 heterocycles. The van der Waals surface area contributed by atoms with Crippen molar-refractivity contribution in [3.63, 3.8) is 0 Å². The van der Waals surface area contributed by atoms with E-state index in [1.54, 1.807) is 12.3 Å². The van der Waals surface area contributed by atoms with Crippen LogP contribution >= 0.6 is 0 Å². The van der Waals surface area contributed by atoms with E-state index in [0.29, 0.717) is 12.2 Å². The number of aromatic nitrogens is 2. The van der Waals surface area contributed by atoms with Gasteiger partial charge in [0.15, 0.2) is 0 Å². The smallest absolute Gasteiger partial charge is 0.125 e. The van der Waals surface area contributed by atoms with Gasteiger partial charge in [-0.05, 0) is 23.8 Å². The highest BCUT2D eigenvalue weighted by molar-refractivity contribution is 5.41. The molecular weight excluding hydrogens is 205 g/mol. The number of nitrogens with two attached hydrogens (primary N) is 1. The average molecular weight is 219 g/mol. The Bertz CT molecular complexity index is 471. The van der Waals surface area contributed by atoms with Crippen LogP contribution in [0, 0.1) is 5.82 Å². The molecule has 0 aliphatic rings. The Morgan fingerprint density at radius 1 is 1.38 bits per heavy atom. The van der Waals surface area contributed by atoms with Crippen LogP contribution in [0.3, 0.4) is 0 Å². The van der Waals surface area contributed by atoms with Crippen LogP contribution in [0.5, 0.6) is 0 Å². The van der Waals surface area contributed by atoms with Gasteiger partial charge in [0.1, 0.15) is 11.6 Å².